The molecule has 0 aromatic heterocycles. The standard InChI is InChI=1S/C5H14O2Te.Y/c1-8(2,3)6-4-5-7-8;/h8H,4-5H2,1-3H3;. The van der Waals surface area contributed by atoms with Gasteiger partial charge < -0.3 is 0 Å². The third-order valence-electron chi connectivity index (χ3n) is 1.15. The topological polar surface area (TPSA) is 18.5 Å². The van der Waals surface area contributed by atoms with Crippen molar-refractivity contribution >= 4 is 17.6 Å². The summed E-state index contributed by atoms with van der Waals surface area (Å²) < 4.78 is 11.0. The van der Waals surface area contributed by atoms with Crippen molar-refractivity contribution in [1.29, 1.82) is 0 Å². The summed E-state index contributed by atoms with van der Waals surface area (Å²) in [7, 11) is 0. The maximum Gasteiger partial charge on any atom is 0 e. The van der Waals surface area contributed by atoms with Crippen LogP contribution in [0, 0.1) is 0 Å². The summed E-state index contributed by atoms with van der Waals surface area (Å²) in [6.07, 6.45) is 0. The smallest absolute Gasteiger partial charge is 0 e. The van der Waals surface area contributed by atoms with E-state index in [4.69, 9.17) is 6.20 Å². The maximum absolute atomic E-state index is 5.51. The Bertz CT molecular complexity index is 97.3. The van der Waals surface area contributed by atoms with Crippen LogP contribution in [-0.4, -0.2) is 30.8 Å². The third-order valence-corrected chi connectivity index (χ3v) is 7.21. The fraction of sp³-hybridized carbons (Fsp3) is 1.00. The average molecular weight is 323 g/mol. The second-order valence-corrected chi connectivity index (χ2v) is 19.0. The number of hydrogen-bond donors (Lipinski definition) is 0. The van der Waals surface area contributed by atoms with E-state index < -0.39 is 17.6 Å². The summed E-state index contributed by atoms with van der Waals surface area (Å²) in [5, 5.41) is 0. The second-order valence-electron chi connectivity index (χ2n) is 3.18. The summed E-state index contributed by atoms with van der Waals surface area (Å²) in [5.74, 6) is 0. The first kappa shape index (κ1) is 10.8. The minimum Gasteiger partial charge on any atom is 0 e. The molecule has 0 N–H and O–H groups in total. The molecular formula is C5H14O2TeY. The van der Waals surface area contributed by atoms with Gasteiger partial charge in [0.2, 0.25) is 0 Å². The molecule has 0 unspecified atom stereocenters. The Kier molecular flexibility index (Phi) is 3.66. The predicted molar refractivity (Wildman–Crippen MR) is 36.6 cm³/mol. The van der Waals surface area contributed by atoms with Crippen molar-refractivity contribution in [2.75, 3.05) is 13.2 Å². The van der Waals surface area contributed by atoms with Crippen LogP contribution in [0.4, 0.5) is 0 Å². The summed E-state index contributed by atoms with van der Waals surface area (Å²) in [6, 6.07) is 0. The van der Waals surface area contributed by atoms with Crippen molar-refractivity contribution in [3.05, 3.63) is 0 Å². The van der Waals surface area contributed by atoms with E-state index in [9.17, 15) is 0 Å². The van der Waals surface area contributed by atoms with Crippen molar-refractivity contribution in [2.24, 2.45) is 0 Å². The molecule has 0 aromatic carbocycles. The molecule has 1 radical (unpaired) electrons. The predicted octanol–water partition coefficient (Wildman–Crippen LogP) is 1.05. The molecular weight excluding hydrogens is 309 g/mol. The summed E-state index contributed by atoms with van der Waals surface area (Å²) in [6.45, 7) is 1.62. The van der Waals surface area contributed by atoms with E-state index >= 15 is 0 Å². The van der Waals surface area contributed by atoms with E-state index in [1.54, 1.807) is 0 Å². The van der Waals surface area contributed by atoms with Crippen LogP contribution in [0.15, 0.2) is 0 Å². The molecule has 1 aliphatic heterocycles. The quantitative estimate of drug-likeness (QED) is 0.621. The van der Waals surface area contributed by atoms with Gasteiger partial charge in [-0.2, -0.15) is 0 Å². The molecule has 1 heterocycles. The number of hydrogen-bond acceptors (Lipinski definition) is 2. The van der Waals surface area contributed by atoms with Crippen LogP contribution < -0.4 is 0 Å². The molecule has 0 atom stereocenters. The largest absolute Gasteiger partial charge is 0 e. The first-order valence-electron chi connectivity index (χ1n) is 2.78. The van der Waals surface area contributed by atoms with Gasteiger partial charge in [0.15, 0.2) is 0 Å². The molecule has 1 aliphatic rings. The van der Waals surface area contributed by atoms with Gasteiger partial charge in [-0.25, -0.2) is 0 Å². The van der Waals surface area contributed by atoms with Gasteiger partial charge >= 0.3 is 52.0 Å². The fourth-order valence-electron chi connectivity index (χ4n) is 0.734. The van der Waals surface area contributed by atoms with Crippen LogP contribution in [0.25, 0.3) is 0 Å². The molecule has 0 amide bonds. The van der Waals surface area contributed by atoms with E-state index in [1.165, 1.54) is 0 Å². The first-order chi connectivity index (χ1) is 3.47. The Morgan fingerprint density at radius 1 is 1.00 bits per heavy atom. The van der Waals surface area contributed by atoms with E-state index in [1.807, 2.05) is 0 Å². The monoisotopic (exact) mass is 325 g/mol. The van der Waals surface area contributed by atoms with Crippen LogP contribution in [0.1, 0.15) is 0 Å². The first-order valence-corrected chi connectivity index (χ1v) is 12.5. The Labute approximate surface area is 83.6 Å². The molecule has 1 saturated heterocycles. The Balaban J connectivity index is 0.000000640. The third kappa shape index (κ3) is 3.65. The molecule has 4 heteroatoms. The van der Waals surface area contributed by atoms with Gasteiger partial charge in [0.05, 0.1) is 0 Å². The van der Waals surface area contributed by atoms with Gasteiger partial charge in [0.1, 0.15) is 0 Å². The molecule has 1 fully saturated rings. The van der Waals surface area contributed by atoms with Crippen molar-refractivity contribution < 1.29 is 38.9 Å². The Morgan fingerprint density at radius 2 is 1.33 bits per heavy atom. The van der Waals surface area contributed by atoms with Crippen molar-refractivity contribution in [2.45, 2.75) is 14.9 Å². The van der Waals surface area contributed by atoms with Crippen LogP contribution in [0.3, 0.4) is 0 Å². The van der Waals surface area contributed by atoms with Gasteiger partial charge in [-0.05, 0) is 0 Å². The molecule has 1 rings (SSSR count). The van der Waals surface area contributed by atoms with Crippen molar-refractivity contribution in [1.82, 2.24) is 0 Å². The van der Waals surface area contributed by atoms with Crippen molar-refractivity contribution in [3.63, 3.8) is 0 Å². The molecule has 0 aromatic rings. The fourth-order valence-corrected chi connectivity index (χ4v) is 4.92. The van der Waals surface area contributed by atoms with E-state index in [2.05, 4.69) is 14.9 Å². The SMILES string of the molecule is C[TeH]1(C)(C)OCCO1.[Y]. The molecule has 0 bridgehead atoms. The van der Waals surface area contributed by atoms with E-state index in [0.717, 1.165) is 13.2 Å². The molecule has 0 spiro atoms. The van der Waals surface area contributed by atoms with Gasteiger partial charge in [-0.15, -0.1) is 0 Å². The normalized spacial score (nSPS) is 33.9. The second kappa shape index (κ2) is 3.05. The molecule has 0 aliphatic carbocycles. The zero-order valence-corrected chi connectivity index (χ0v) is 11.6. The molecule has 55 valence electrons. The zero-order valence-electron chi connectivity index (χ0n) is 6.26. The minimum absolute atomic E-state index is 0. The van der Waals surface area contributed by atoms with Crippen LogP contribution in [-0.2, 0) is 38.9 Å². The van der Waals surface area contributed by atoms with E-state index in [0.29, 0.717) is 0 Å². The van der Waals surface area contributed by atoms with Gasteiger partial charge in [0.25, 0.3) is 0 Å². The average Bonchev–Trinajstić information content (AvgIpc) is 1.81. The van der Waals surface area contributed by atoms with Crippen molar-refractivity contribution in [3.8, 4) is 0 Å². The molecule has 9 heavy (non-hydrogen) atoms. The van der Waals surface area contributed by atoms with Crippen LogP contribution in [0.2, 0.25) is 14.9 Å². The van der Waals surface area contributed by atoms with Crippen LogP contribution >= 0.6 is 0 Å². The van der Waals surface area contributed by atoms with Gasteiger partial charge in [-0.3, -0.25) is 0 Å². The van der Waals surface area contributed by atoms with E-state index in [-0.39, 0.29) is 32.7 Å². The molecule has 0 saturated carbocycles. The summed E-state index contributed by atoms with van der Waals surface area (Å²) in [4.78, 5) is 6.42. The minimum atomic E-state index is -2.69. The zero-order chi connectivity index (χ0) is 6.28. The summed E-state index contributed by atoms with van der Waals surface area (Å²) >= 11 is -2.69. The van der Waals surface area contributed by atoms with Gasteiger partial charge in [-0.1, -0.05) is 0 Å². The maximum atomic E-state index is 5.51. The number of rotatable bonds is 0. The van der Waals surface area contributed by atoms with Gasteiger partial charge in [0, 0.05) is 32.7 Å². The Morgan fingerprint density at radius 3 is 1.44 bits per heavy atom. The molecule has 2 nitrogen and oxygen atoms in total. The summed E-state index contributed by atoms with van der Waals surface area (Å²) in [5.41, 5.74) is 0. The van der Waals surface area contributed by atoms with Crippen LogP contribution in [0.5, 0.6) is 0 Å². The Hall–Kier alpha value is 1.81.